The number of benzene rings is 1. The number of hydrogen-bond donors (Lipinski definition) is 2. The minimum absolute atomic E-state index is 0.130. The van der Waals surface area contributed by atoms with Crippen molar-refractivity contribution < 1.29 is 22.5 Å². The summed E-state index contributed by atoms with van der Waals surface area (Å²) in [5.41, 5.74) is 0.130. The number of carbonyl (C=O) groups is 1. The maximum Gasteiger partial charge on any atom is 0.251 e. The zero-order chi connectivity index (χ0) is 17.6. The molecule has 0 bridgehead atoms. The molecule has 1 rings (SSSR count). The Bertz CT molecular complexity index is 643. The van der Waals surface area contributed by atoms with E-state index in [0.29, 0.717) is 6.54 Å². The van der Waals surface area contributed by atoms with Crippen LogP contribution in [0.1, 0.15) is 24.2 Å². The van der Waals surface area contributed by atoms with Crippen molar-refractivity contribution in [3.8, 4) is 0 Å². The molecular weight excluding hydrogens is 321 g/mol. The molecule has 0 aromatic heterocycles. The maximum absolute atomic E-state index is 14.0. The number of sulfonamides is 1. The Kier molecular flexibility index (Phi) is 7.11. The Morgan fingerprint density at radius 2 is 1.87 bits per heavy atom. The van der Waals surface area contributed by atoms with Crippen LogP contribution < -0.4 is 10.2 Å². The molecule has 0 aliphatic rings. The number of quaternary nitrogens is 1. The van der Waals surface area contributed by atoms with Crippen LogP contribution in [0, 0.1) is 5.82 Å². The van der Waals surface area contributed by atoms with Gasteiger partial charge in [-0.25, -0.2) is 12.8 Å². The van der Waals surface area contributed by atoms with E-state index in [1.807, 2.05) is 14.1 Å². The molecule has 0 saturated heterocycles. The fraction of sp³-hybridized carbons (Fsp3) is 0.533. The first-order valence-electron chi connectivity index (χ1n) is 7.60. The number of hydrogen-bond acceptors (Lipinski definition) is 3. The van der Waals surface area contributed by atoms with E-state index in [0.717, 1.165) is 23.0 Å². The zero-order valence-corrected chi connectivity index (χ0v) is 14.8. The first-order chi connectivity index (χ1) is 10.7. The number of amides is 1. The third-order valence-corrected chi connectivity index (χ3v) is 5.49. The molecule has 0 heterocycles. The third-order valence-electron chi connectivity index (χ3n) is 3.43. The first kappa shape index (κ1) is 19.5. The van der Waals surface area contributed by atoms with Gasteiger partial charge in [0.25, 0.3) is 5.91 Å². The number of nitrogens with zero attached hydrogens (tertiary/aromatic N) is 1. The molecule has 0 atom stereocenters. The molecule has 0 unspecified atom stereocenters. The van der Waals surface area contributed by atoms with Gasteiger partial charge in [0.1, 0.15) is 10.7 Å². The highest BCUT2D eigenvalue weighted by atomic mass is 32.2. The largest absolute Gasteiger partial charge is 0.346 e. The summed E-state index contributed by atoms with van der Waals surface area (Å²) < 4.78 is 40.0. The topological polar surface area (TPSA) is 70.9 Å². The molecule has 0 radical (unpaired) electrons. The van der Waals surface area contributed by atoms with Gasteiger partial charge in [0.2, 0.25) is 10.0 Å². The highest BCUT2D eigenvalue weighted by molar-refractivity contribution is 7.89. The van der Waals surface area contributed by atoms with Crippen molar-refractivity contribution in [2.24, 2.45) is 0 Å². The number of halogens is 1. The zero-order valence-electron chi connectivity index (χ0n) is 14.0. The molecule has 23 heavy (non-hydrogen) atoms. The van der Waals surface area contributed by atoms with Gasteiger partial charge < -0.3 is 10.2 Å². The van der Waals surface area contributed by atoms with E-state index in [2.05, 4.69) is 5.32 Å². The van der Waals surface area contributed by atoms with Gasteiger partial charge >= 0.3 is 0 Å². The molecule has 2 N–H and O–H groups in total. The Morgan fingerprint density at radius 1 is 1.26 bits per heavy atom. The van der Waals surface area contributed by atoms with Crippen molar-refractivity contribution in [1.29, 1.82) is 0 Å². The van der Waals surface area contributed by atoms with Crippen molar-refractivity contribution in [1.82, 2.24) is 9.62 Å². The van der Waals surface area contributed by atoms with E-state index in [1.54, 1.807) is 13.8 Å². The van der Waals surface area contributed by atoms with E-state index in [9.17, 15) is 17.6 Å². The predicted octanol–water partition coefficient (Wildman–Crippen LogP) is -0.269. The lowest BCUT2D eigenvalue weighted by Crippen LogP contribution is -3.06. The van der Waals surface area contributed by atoms with Crippen LogP contribution in [0.15, 0.2) is 23.1 Å². The summed E-state index contributed by atoms with van der Waals surface area (Å²) in [4.78, 5) is 12.8. The van der Waals surface area contributed by atoms with Gasteiger partial charge in [-0.3, -0.25) is 4.79 Å². The van der Waals surface area contributed by atoms with E-state index >= 15 is 0 Å². The minimum Gasteiger partial charge on any atom is -0.346 e. The summed E-state index contributed by atoms with van der Waals surface area (Å²) in [5, 5.41) is 2.69. The quantitative estimate of drug-likeness (QED) is 0.681. The van der Waals surface area contributed by atoms with Gasteiger partial charge in [-0.1, -0.05) is 13.8 Å². The molecule has 1 aromatic rings. The average Bonchev–Trinajstić information content (AvgIpc) is 2.47. The third kappa shape index (κ3) is 4.98. The van der Waals surface area contributed by atoms with Crippen molar-refractivity contribution >= 4 is 15.9 Å². The monoisotopic (exact) mass is 346 g/mol. The highest BCUT2D eigenvalue weighted by Crippen LogP contribution is 2.20. The van der Waals surface area contributed by atoms with Gasteiger partial charge in [-0.15, -0.1) is 0 Å². The lowest BCUT2D eigenvalue weighted by atomic mass is 10.2. The second-order valence-corrected chi connectivity index (χ2v) is 7.35. The summed E-state index contributed by atoms with van der Waals surface area (Å²) in [5.74, 6) is -1.27. The van der Waals surface area contributed by atoms with Crippen molar-refractivity contribution in [2.75, 3.05) is 40.3 Å². The highest BCUT2D eigenvalue weighted by Gasteiger charge is 2.26. The smallest absolute Gasteiger partial charge is 0.251 e. The van der Waals surface area contributed by atoms with Crippen LogP contribution in [-0.4, -0.2) is 58.9 Å². The Balaban J connectivity index is 3.06. The standard InChI is InChI=1S/C15H24FN3O3S/c1-5-19(6-2)23(21,22)14-11-12(7-8-13(14)16)15(20)17-9-10-18(3)4/h7-8,11H,5-6,9-10H2,1-4H3,(H,17,20)/p+1. The Labute approximate surface area is 137 Å². The number of nitrogens with one attached hydrogen (secondary N) is 2. The van der Waals surface area contributed by atoms with E-state index in [4.69, 9.17) is 0 Å². The summed E-state index contributed by atoms with van der Waals surface area (Å²) in [6, 6.07) is 3.40. The van der Waals surface area contributed by atoms with Crippen LogP contribution in [0.4, 0.5) is 4.39 Å². The molecule has 130 valence electrons. The second kappa shape index (κ2) is 8.37. The lowest BCUT2D eigenvalue weighted by Gasteiger charge is -2.19. The van der Waals surface area contributed by atoms with Gasteiger partial charge in [0, 0.05) is 18.7 Å². The normalized spacial score (nSPS) is 12.0. The van der Waals surface area contributed by atoms with Gasteiger partial charge in [-0.05, 0) is 18.2 Å². The first-order valence-corrected chi connectivity index (χ1v) is 9.05. The number of likely N-dealkylation sites (N-methyl/N-ethyl adjacent to an activating group) is 1. The fourth-order valence-electron chi connectivity index (χ4n) is 2.07. The molecule has 1 aromatic carbocycles. The summed E-state index contributed by atoms with van der Waals surface area (Å²) >= 11 is 0. The van der Waals surface area contributed by atoms with Crippen molar-refractivity contribution in [3.05, 3.63) is 29.6 Å². The summed E-state index contributed by atoms with van der Waals surface area (Å²) in [6.45, 7) is 5.02. The van der Waals surface area contributed by atoms with Crippen LogP contribution in [0.2, 0.25) is 0 Å². The molecule has 0 aliphatic carbocycles. The Hall–Kier alpha value is -1.51. The van der Waals surface area contributed by atoms with E-state index in [-0.39, 0.29) is 18.7 Å². The molecule has 0 fully saturated rings. The van der Waals surface area contributed by atoms with Crippen LogP contribution in [0.25, 0.3) is 0 Å². The van der Waals surface area contributed by atoms with Crippen molar-refractivity contribution in [2.45, 2.75) is 18.7 Å². The van der Waals surface area contributed by atoms with Gasteiger partial charge in [0.05, 0.1) is 27.2 Å². The number of carbonyl (C=O) groups excluding carboxylic acids is 1. The molecule has 1 amide bonds. The molecule has 0 saturated carbocycles. The molecule has 6 nitrogen and oxygen atoms in total. The predicted molar refractivity (Wildman–Crippen MR) is 86.5 cm³/mol. The molecule has 0 aliphatic heterocycles. The Morgan fingerprint density at radius 3 is 2.39 bits per heavy atom. The van der Waals surface area contributed by atoms with Gasteiger partial charge in [-0.2, -0.15) is 4.31 Å². The van der Waals surface area contributed by atoms with Gasteiger partial charge in [0.15, 0.2) is 0 Å². The van der Waals surface area contributed by atoms with Crippen LogP contribution in [-0.2, 0) is 10.0 Å². The van der Waals surface area contributed by atoms with Crippen LogP contribution in [0.5, 0.6) is 0 Å². The number of rotatable bonds is 8. The molecule has 8 heteroatoms. The maximum atomic E-state index is 14.0. The van der Waals surface area contributed by atoms with Crippen LogP contribution in [0.3, 0.4) is 0 Å². The summed E-state index contributed by atoms with van der Waals surface area (Å²) in [7, 11) is -0.0333. The molecular formula is C15H25FN3O3S+. The van der Waals surface area contributed by atoms with Crippen LogP contribution >= 0.6 is 0 Å². The fourth-order valence-corrected chi connectivity index (χ4v) is 3.62. The van der Waals surface area contributed by atoms with E-state index < -0.39 is 26.6 Å². The lowest BCUT2D eigenvalue weighted by molar-refractivity contribution is -0.856. The van der Waals surface area contributed by atoms with E-state index in [1.165, 1.54) is 11.0 Å². The summed E-state index contributed by atoms with van der Waals surface area (Å²) in [6.07, 6.45) is 0. The van der Waals surface area contributed by atoms with Crippen molar-refractivity contribution in [3.63, 3.8) is 0 Å². The minimum atomic E-state index is -3.95. The SMILES string of the molecule is CCN(CC)S(=O)(=O)c1cc(C(=O)NCC[NH+](C)C)ccc1F. The second-order valence-electron chi connectivity index (χ2n) is 5.45. The average molecular weight is 346 g/mol. The molecule has 0 spiro atoms.